The second-order valence-corrected chi connectivity index (χ2v) is 7.15. The molecule has 9 nitrogen and oxygen atoms in total. The molecule has 28 heavy (non-hydrogen) atoms. The number of benzene rings is 1. The van der Waals surface area contributed by atoms with Crippen molar-refractivity contribution in [1.29, 1.82) is 0 Å². The van der Waals surface area contributed by atoms with Gasteiger partial charge in [-0.3, -0.25) is 4.79 Å². The second-order valence-electron chi connectivity index (χ2n) is 6.15. The number of ether oxygens (including phenoxy) is 2. The monoisotopic (exact) mass is 403 g/mol. The molecule has 1 unspecified atom stereocenters. The molecule has 9 N–H and O–H groups in total. The highest BCUT2D eigenvalue weighted by molar-refractivity contribution is 7.21. The van der Waals surface area contributed by atoms with Gasteiger partial charge < -0.3 is 37.5 Å². The summed E-state index contributed by atoms with van der Waals surface area (Å²) < 4.78 is 10.8. The number of fused-ring (bicyclic) bond motifs is 1. The van der Waals surface area contributed by atoms with Crippen LogP contribution in [0.25, 0.3) is 21.3 Å². The zero-order valence-electron chi connectivity index (χ0n) is 15.6. The highest BCUT2D eigenvalue weighted by atomic mass is 32.1. The summed E-state index contributed by atoms with van der Waals surface area (Å²) in [4.78, 5) is 16.6. The summed E-state index contributed by atoms with van der Waals surface area (Å²) in [7, 11) is 2.97. The van der Waals surface area contributed by atoms with E-state index in [-0.39, 0.29) is 22.1 Å². The van der Waals surface area contributed by atoms with Gasteiger partial charge in [-0.2, -0.15) is 0 Å². The number of primary amides is 1. The number of hydrogen-bond acceptors (Lipinski definition) is 9. The van der Waals surface area contributed by atoms with Gasteiger partial charge >= 0.3 is 0 Å². The number of pyridine rings is 1. The Labute approximate surface area is 164 Å². The van der Waals surface area contributed by atoms with Crippen LogP contribution >= 0.6 is 11.3 Å². The fourth-order valence-electron chi connectivity index (χ4n) is 3.12. The topological polar surface area (TPSA) is 173 Å². The molecule has 1 aromatic carbocycles. The Morgan fingerprint density at radius 3 is 2.39 bits per heavy atom. The number of hydrogen-bond donors (Lipinski definition) is 5. The molecule has 148 valence electrons. The fourth-order valence-corrected chi connectivity index (χ4v) is 4.08. The molecule has 0 saturated heterocycles. The molecule has 3 rings (SSSR count). The third kappa shape index (κ3) is 2.92. The maximum Gasteiger partial charge on any atom is 0.260 e. The number of carbonyl (C=O) groups is 1. The van der Waals surface area contributed by atoms with Crippen LogP contribution in [0.3, 0.4) is 0 Å². The first-order chi connectivity index (χ1) is 13.2. The first-order valence-corrected chi connectivity index (χ1v) is 9.03. The van der Waals surface area contributed by atoms with Crippen LogP contribution < -0.4 is 32.4 Å². The molecule has 0 aliphatic rings. The highest BCUT2D eigenvalue weighted by Crippen LogP contribution is 2.47. The van der Waals surface area contributed by atoms with Crippen molar-refractivity contribution in [3.05, 3.63) is 22.6 Å². The van der Waals surface area contributed by atoms with Gasteiger partial charge in [0.25, 0.3) is 5.91 Å². The van der Waals surface area contributed by atoms with Gasteiger partial charge in [-0.15, -0.1) is 11.3 Å². The van der Waals surface area contributed by atoms with Crippen molar-refractivity contribution in [1.82, 2.24) is 4.98 Å². The van der Waals surface area contributed by atoms with Gasteiger partial charge in [0.2, 0.25) is 0 Å². The van der Waals surface area contributed by atoms with Crippen LogP contribution in [0.1, 0.15) is 28.3 Å². The van der Waals surface area contributed by atoms with E-state index < -0.39 is 12.0 Å². The summed E-state index contributed by atoms with van der Waals surface area (Å²) in [5, 5.41) is 10.7. The molecule has 0 radical (unpaired) electrons. The van der Waals surface area contributed by atoms with Crippen LogP contribution in [0.2, 0.25) is 0 Å². The molecule has 2 heterocycles. The Hall–Kier alpha value is -3.24. The van der Waals surface area contributed by atoms with E-state index in [9.17, 15) is 9.90 Å². The van der Waals surface area contributed by atoms with Crippen LogP contribution in [0.15, 0.2) is 12.1 Å². The molecule has 0 saturated carbocycles. The zero-order chi connectivity index (χ0) is 20.7. The minimum absolute atomic E-state index is 0.0909. The number of thiophene rings is 1. The number of nitrogens with two attached hydrogens (primary N) is 4. The van der Waals surface area contributed by atoms with Gasteiger partial charge in [-0.25, -0.2) is 4.98 Å². The van der Waals surface area contributed by atoms with Crippen LogP contribution in [0.4, 0.5) is 17.2 Å². The maximum atomic E-state index is 11.7. The number of carbonyl (C=O) groups excluding carboxylic acids is 1. The third-order valence-electron chi connectivity index (χ3n) is 4.41. The van der Waals surface area contributed by atoms with Crippen LogP contribution in [-0.4, -0.2) is 30.2 Å². The van der Waals surface area contributed by atoms with Gasteiger partial charge in [0.15, 0.2) is 11.5 Å². The molecule has 0 aliphatic carbocycles. The number of methoxy groups -OCH3 is 2. The molecule has 3 aromatic rings. The lowest BCUT2D eigenvalue weighted by atomic mass is 9.96. The van der Waals surface area contributed by atoms with Gasteiger partial charge in [-0.05, 0) is 24.6 Å². The lowest BCUT2D eigenvalue weighted by molar-refractivity contribution is 0.100. The molecular formula is C18H21N5O4S. The van der Waals surface area contributed by atoms with E-state index in [0.717, 1.165) is 11.3 Å². The van der Waals surface area contributed by atoms with E-state index in [1.54, 1.807) is 19.1 Å². The van der Waals surface area contributed by atoms with Gasteiger partial charge in [0.05, 0.1) is 31.7 Å². The molecule has 0 spiro atoms. The van der Waals surface area contributed by atoms with Gasteiger partial charge in [-0.1, -0.05) is 0 Å². The van der Waals surface area contributed by atoms with E-state index in [1.165, 1.54) is 14.2 Å². The second kappa shape index (κ2) is 7.06. The van der Waals surface area contributed by atoms with Crippen molar-refractivity contribution in [3.63, 3.8) is 0 Å². The Morgan fingerprint density at radius 2 is 1.86 bits per heavy atom. The number of aliphatic hydroxyl groups is 1. The zero-order valence-corrected chi connectivity index (χ0v) is 16.4. The number of aromatic nitrogens is 1. The summed E-state index contributed by atoms with van der Waals surface area (Å²) in [6.07, 6.45) is -0.847. The average Bonchev–Trinajstić information content (AvgIpc) is 2.97. The van der Waals surface area contributed by atoms with Crippen molar-refractivity contribution < 1.29 is 19.4 Å². The summed E-state index contributed by atoms with van der Waals surface area (Å²) in [6.45, 7) is 1.60. The summed E-state index contributed by atoms with van der Waals surface area (Å²) in [5.74, 6) is 0.214. The predicted octanol–water partition coefficient (Wildman–Crippen LogP) is 1.88. The van der Waals surface area contributed by atoms with Crippen LogP contribution in [-0.2, 0) is 0 Å². The minimum Gasteiger partial charge on any atom is -0.493 e. The molecular weight excluding hydrogens is 382 g/mol. The molecule has 0 bridgehead atoms. The Balaban J connectivity index is 2.45. The van der Waals surface area contributed by atoms with Crippen molar-refractivity contribution >= 4 is 44.7 Å². The number of nitrogen functional groups attached to an aromatic ring is 3. The standard InChI is InChI=1S/C18H21N5O4S/c1-6(24)8-4-7(5-9(26-2)14(8)27-3)10-11-12(19)15(17(22)25)28-18(11)23-16(21)13(10)20/h4-6,24H,19-20H2,1-3H3,(H2,21,23)(H2,22,25). The first-order valence-electron chi connectivity index (χ1n) is 8.22. The molecule has 0 fully saturated rings. The number of amides is 1. The summed E-state index contributed by atoms with van der Waals surface area (Å²) in [6, 6.07) is 3.40. The lowest BCUT2D eigenvalue weighted by Gasteiger charge is -2.18. The average molecular weight is 403 g/mol. The molecule has 2 aromatic heterocycles. The van der Waals surface area contributed by atoms with E-state index in [1.807, 2.05) is 0 Å². The van der Waals surface area contributed by atoms with Crippen molar-refractivity contribution in [3.8, 4) is 22.6 Å². The van der Waals surface area contributed by atoms with Crippen molar-refractivity contribution in [2.24, 2.45) is 5.73 Å². The molecule has 1 amide bonds. The van der Waals surface area contributed by atoms with Gasteiger partial charge in [0.1, 0.15) is 15.5 Å². The lowest BCUT2D eigenvalue weighted by Crippen LogP contribution is -2.10. The normalized spacial score (nSPS) is 12.1. The van der Waals surface area contributed by atoms with E-state index >= 15 is 0 Å². The smallest absolute Gasteiger partial charge is 0.260 e. The first kappa shape index (κ1) is 19.5. The van der Waals surface area contributed by atoms with Crippen molar-refractivity contribution in [2.75, 3.05) is 31.4 Å². The number of rotatable bonds is 5. The van der Waals surface area contributed by atoms with Gasteiger partial charge in [0, 0.05) is 16.5 Å². The summed E-state index contributed by atoms with van der Waals surface area (Å²) in [5.41, 5.74) is 25.7. The predicted molar refractivity (Wildman–Crippen MR) is 111 cm³/mol. The molecule has 10 heteroatoms. The summed E-state index contributed by atoms with van der Waals surface area (Å²) >= 11 is 1.04. The largest absolute Gasteiger partial charge is 0.493 e. The van der Waals surface area contributed by atoms with E-state index in [2.05, 4.69) is 4.98 Å². The minimum atomic E-state index is -0.847. The Bertz CT molecular complexity index is 1090. The van der Waals surface area contributed by atoms with E-state index in [4.69, 9.17) is 32.4 Å². The number of nitrogens with zero attached hydrogens (tertiary/aromatic N) is 1. The Kier molecular flexibility index (Phi) is 4.92. The third-order valence-corrected chi connectivity index (χ3v) is 5.53. The molecule has 1 atom stereocenters. The highest BCUT2D eigenvalue weighted by Gasteiger charge is 2.24. The fraction of sp³-hybridized carbons (Fsp3) is 0.222. The quantitative estimate of drug-likeness (QED) is 0.429. The van der Waals surface area contributed by atoms with Crippen molar-refractivity contribution in [2.45, 2.75) is 13.0 Å². The molecule has 0 aliphatic heterocycles. The SMILES string of the molecule is COc1cc(-c2c(N)c(N)nc3sc(C(N)=O)c(N)c23)cc(C(C)O)c1OC. The Morgan fingerprint density at radius 1 is 1.18 bits per heavy atom. The van der Waals surface area contributed by atoms with Crippen LogP contribution in [0, 0.1) is 0 Å². The number of aliphatic hydroxyl groups excluding tert-OH is 1. The maximum absolute atomic E-state index is 11.7. The van der Waals surface area contributed by atoms with E-state index in [0.29, 0.717) is 38.4 Å². The van der Waals surface area contributed by atoms with Crippen LogP contribution in [0.5, 0.6) is 11.5 Å². The number of anilines is 3.